The number of non-ortho nitro benzene ring substituents is 1. The smallest absolute Gasteiger partial charge is 0.269 e. The summed E-state index contributed by atoms with van der Waals surface area (Å²) in [6.07, 6.45) is 0. The second-order valence-electron chi connectivity index (χ2n) is 5.72. The van der Waals surface area contributed by atoms with E-state index in [2.05, 4.69) is 5.43 Å². The van der Waals surface area contributed by atoms with E-state index in [9.17, 15) is 19.7 Å². The maximum Gasteiger partial charge on any atom is 0.269 e. The summed E-state index contributed by atoms with van der Waals surface area (Å²) in [5, 5.41) is 11.3. The van der Waals surface area contributed by atoms with Crippen molar-refractivity contribution in [3.63, 3.8) is 0 Å². The van der Waals surface area contributed by atoms with Gasteiger partial charge in [-0.25, -0.2) is 5.84 Å². The van der Waals surface area contributed by atoms with Gasteiger partial charge in [-0.2, -0.15) is 0 Å². The average Bonchev–Trinajstić information content (AvgIpc) is 2.97. The molecule has 0 fully saturated rings. The Morgan fingerprint density at radius 3 is 2.48 bits per heavy atom. The van der Waals surface area contributed by atoms with Gasteiger partial charge in [0.15, 0.2) is 6.61 Å². The SMILES string of the molecule is Cc1c(C(=O)NN)c2ccccc2n1C(=O)COc1ccc([N+](=O)[O-])cc1. The third kappa shape index (κ3) is 3.35. The summed E-state index contributed by atoms with van der Waals surface area (Å²) < 4.78 is 6.83. The number of nitrogens with zero attached hydrogens (tertiary/aromatic N) is 2. The highest BCUT2D eigenvalue weighted by Gasteiger charge is 2.22. The number of benzene rings is 2. The zero-order valence-electron chi connectivity index (χ0n) is 14.3. The highest BCUT2D eigenvalue weighted by molar-refractivity contribution is 6.10. The monoisotopic (exact) mass is 368 g/mol. The highest BCUT2D eigenvalue weighted by Crippen LogP contribution is 2.26. The van der Waals surface area contributed by atoms with Crippen LogP contribution in [0.4, 0.5) is 5.69 Å². The predicted octanol–water partition coefficient (Wildman–Crippen LogP) is 2.18. The topological polar surface area (TPSA) is 129 Å². The lowest BCUT2D eigenvalue weighted by molar-refractivity contribution is -0.384. The van der Waals surface area contributed by atoms with Gasteiger partial charge in [0.1, 0.15) is 5.75 Å². The molecule has 0 bridgehead atoms. The molecule has 1 amide bonds. The van der Waals surface area contributed by atoms with Crippen LogP contribution in [-0.4, -0.2) is 27.9 Å². The number of ether oxygens (including phenoxy) is 1. The number of rotatable bonds is 5. The number of aromatic nitrogens is 1. The van der Waals surface area contributed by atoms with Gasteiger partial charge in [0.2, 0.25) is 0 Å². The van der Waals surface area contributed by atoms with Crippen molar-refractivity contribution in [3.8, 4) is 5.75 Å². The van der Waals surface area contributed by atoms with Crippen LogP contribution in [0, 0.1) is 17.0 Å². The molecule has 0 saturated heterocycles. The van der Waals surface area contributed by atoms with Gasteiger partial charge in [0.05, 0.1) is 16.0 Å². The minimum Gasteiger partial charge on any atom is -0.484 e. The Hall–Kier alpha value is -3.72. The standard InChI is InChI=1S/C18H16N4O5/c1-11-17(18(24)20-19)14-4-2-3-5-15(14)21(11)16(23)10-27-13-8-6-12(7-9-13)22(25)26/h2-9H,10,19H2,1H3,(H,20,24). The van der Waals surface area contributed by atoms with Crippen LogP contribution in [0.25, 0.3) is 10.9 Å². The molecule has 0 atom stereocenters. The van der Waals surface area contributed by atoms with Crippen LogP contribution in [0.3, 0.4) is 0 Å². The van der Waals surface area contributed by atoms with E-state index in [0.29, 0.717) is 27.9 Å². The summed E-state index contributed by atoms with van der Waals surface area (Å²) in [5.74, 6) is 4.69. The number of nitro benzene ring substituents is 1. The number of nitrogens with one attached hydrogen (secondary N) is 1. The van der Waals surface area contributed by atoms with Crippen LogP contribution in [0.5, 0.6) is 5.75 Å². The van der Waals surface area contributed by atoms with Crippen molar-refractivity contribution in [3.05, 3.63) is 69.9 Å². The molecule has 0 aliphatic heterocycles. The van der Waals surface area contributed by atoms with Crippen molar-refractivity contribution in [2.45, 2.75) is 6.92 Å². The Kier molecular flexibility index (Phi) is 4.86. The molecule has 0 saturated carbocycles. The summed E-state index contributed by atoms with van der Waals surface area (Å²) in [6.45, 7) is 1.34. The zero-order chi connectivity index (χ0) is 19.6. The Morgan fingerprint density at radius 1 is 1.19 bits per heavy atom. The predicted molar refractivity (Wildman–Crippen MR) is 97.5 cm³/mol. The number of nitro groups is 1. The van der Waals surface area contributed by atoms with Crippen LogP contribution in [0.1, 0.15) is 20.8 Å². The minimum absolute atomic E-state index is 0.0710. The molecule has 3 rings (SSSR count). The molecule has 27 heavy (non-hydrogen) atoms. The number of hydrazine groups is 1. The van der Waals surface area contributed by atoms with Gasteiger partial charge in [-0.3, -0.25) is 29.7 Å². The lowest BCUT2D eigenvalue weighted by Gasteiger charge is -2.09. The van der Waals surface area contributed by atoms with Crippen molar-refractivity contribution in [1.29, 1.82) is 0 Å². The first-order chi connectivity index (χ1) is 12.9. The van der Waals surface area contributed by atoms with Crippen molar-refractivity contribution < 1.29 is 19.2 Å². The van der Waals surface area contributed by atoms with Gasteiger partial charge in [-0.15, -0.1) is 0 Å². The molecule has 2 aromatic carbocycles. The third-order valence-electron chi connectivity index (χ3n) is 4.13. The largest absolute Gasteiger partial charge is 0.484 e. The van der Waals surface area contributed by atoms with E-state index in [4.69, 9.17) is 10.6 Å². The van der Waals surface area contributed by atoms with Gasteiger partial charge in [0.25, 0.3) is 17.5 Å². The maximum absolute atomic E-state index is 12.7. The van der Waals surface area contributed by atoms with Crippen LogP contribution in [0.15, 0.2) is 48.5 Å². The number of amides is 1. The van der Waals surface area contributed by atoms with Crippen LogP contribution < -0.4 is 16.0 Å². The Labute approximate surface area is 153 Å². The molecule has 1 heterocycles. The molecular weight excluding hydrogens is 352 g/mol. The molecule has 0 unspecified atom stereocenters. The van der Waals surface area contributed by atoms with E-state index in [1.165, 1.54) is 28.8 Å². The molecule has 3 N–H and O–H groups in total. The number of para-hydroxylation sites is 1. The normalized spacial score (nSPS) is 10.6. The number of hydrogen-bond acceptors (Lipinski definition) is 6. The lowest BCUT2D eigenvalue weighted by Crippen LogP contribution is -2.30. The molecule has 3 aromatic rings. The highest BCUT2D eigenvalue weighted by atomic mass is 16.6. The van der Waals surface area contributed by atoms with Gasteiger partial charge < -0.3 is 4.74 Å². The first-order valence-corrected chi connectivity index (χ1v) is 7.95. The summed E-state index contributed by atoms with van der Waals surface area (Å²) in [4.78, 5) is 35.0. The fraction of sp³-hybridized carbons (Fsp3) is 0.111. The van der Waals surface area contributed by atoms with Gasteiger partial charge in [0, 0.05) is 23.2 Å². The molecule has 9 heteroatoms. The second-order valence-corrected chi connectivity index (χ2v) is 5.72. The van der Waals surface area contributed by atoms with E-state index < -0.39 is 16.7 Å². The van der Waals surface area contributed by atoms with E-state index in [0.717, 1.165) is 0 Å². The molecule has 0 radical (unpaired) electrons. The van der Waals surface area contributed by atoms with Gasteiger partial charge >= 0.3 is 0 Å². The molecule has 0 spiro atoms. The maximum atomic E-state index is 12.7. The van der Waals surface area contributed by atoms with Crippen LogP contribution in [-0.2, 0) is 0 Å². The molecule has 0 aliphatic carbocycles. The number of nitrogen functional groups attached to an aromatic ring is 1. The second kappa shape index (κ2) is 7.26. The van der Waals surface area contributed by atoms with Crippen molar-refractivity contribution in [2.24, 2.45) is 5.84 Å². The summed E-state index contributed by atoms with van der Waals surface area (Å²) in [7, 11) is 0. The zero-order valence-corrected chi connectivity index (χ0v) is 14.3. The third-order valence-corrected chi connectivity index (χ3v) is 4.13. The van der Waals surface area contributed by atoms with E-state index >= 15 is 0 Å². The Balaban J connectivity index is 1.88. The quantitative estimate of drug-likeness (QED) is 0.307. The fourth-order valence-corrected chi connectivity index (χ4v) is 2.92. The molecule has 1 aromatic heterocycles. The summed E-state index contributed by atoms with van der Waals surface area (Å²) in [6, 6.07) is 12.4. The molecule has 138 valence electrons. The van der Waals surface area contributed by atoms with E-state index in [1.54, 1.807) is 31.2 Å². The Morgan fingerprint density at radius 2 is 1.85 bits per heavy atom. The van der Waals surface area contributed by atoms with E-state index in [1.807, 2.05) is 0 Å². The van der Waals surface area contributed by atoms with Crippen LogP contribution >= 0.6 is 0 Å². The van der Waals surface area contributed by atoms with Crippen molar-refractivity contribution >= 4 is 28.4 Å². The Bertz CT molecular complexity index is 1040. The number of carbonyl (C=O) groups is 2. The molecule has 9 nitrogen and oxygen atoms in total. The van der Waals surface area contributed by atoms with Crippen molar-refractivity contribution in [2.75, 3.05) is 6.61 Å². The van der Waals surface area contributed by atoms with Crippen molar-refractivity contribution in [1.82, 2.24) is 9.99 Å². The first-order valence-electron chi connectivity index (χ1n) is 7.95. The van der Waals surface area contributed by atoms with Crippen LogP contribution in [0.2, 0.25) is 0 Å². The number of nitrogens with two attached hydrogens (primary N) is 1. The minimum atomic E-state index is -0.520. The summed E-state index contributed by atoms with van der Waals surface area (Å²) in [5.41, 5.74) is 3.34. The number of fused-ring (bicyclic) bond motifs is 1. The summed E-state index contributed by atoms with van der Waals surface area (Å²) >= 11 is 0. The molecule has 0 aliphatic rings. The van der Waals surface area contributed by atoms with Gasteiger partial charge in [-0.05, 0) is 25.1 Å². The van der Waals surface area contributed by atoms with E-state index in [-0.39, 0.29) is 12.3 Å². The average molecular weight is 368 g/mol. The molecular formula is C18H16N4O5. The lowest BCUT2D eigenvalue weighted by atomic mass is 10.1. The first kappa shape index (κ1) is 18.1. The fourth-order valence-electron chi connectivity index (χ4n) is 2.92. The van der Waals surface area contributed by atoms with Gasteiger partial charge in [-0.1, -0.05) is 18.2 Å². The number of hydrogen-bond donors (Lipinski definition) is 2. The number of carbonyl (C=O) groups excluding carboxylic acids is 2.